The van der Waals surface area contributed by atoms with Crippen LogP contribution in [0.15, 0.2) is 0 Å². The van der Waals surface area contributed by atoms with E-state index < -0.39 is 0 Å². The fourth-order valence-electron chi connectivity index (χ4n) is 0.800. The molecule has 0 fully saturated rings. The summed E-state index contributed by atoms with van der Waals surface area (Å²) in [5.41, 5.74) is 5.55. The lowest BCUT2D eigenvalue weighted by Gasteiger charge is -2.25. The molecular formula is C6H16N2O. The molecule has 56 valence electrons. The second-order valence-corrected chi connectivity index (χ2v) is 2.57. The number of likely N-dealkylation sites (N-methyl/N-ethyl adjacent to an activating group) is 1. The average molecular weight is 132 g/mol. The van der Waals surface area contributed by atoms with E-state index >= 15 is 0 Å². The zero-order chi connectivity index (χ0) is 7.44. The van der Waals surface area contributed by atoms with Gasteiger partial charge in [-0.15, -0.1) is 0 Å². The molecule has 0 heterocycles. The van der Waals surface area contributed by atoms with Crippen LogP contribution in [0.3, 0.4) is 0 Å². The van der Waals surface area contributed by atoms with Gasteiger partial charge >= 0.3 is 0 Å². The molecule has 3 heteroatoms. The van der Waals surface area contributed by atoms with Crippen molar-refractivity contribution in [3.63, 3.8) is 0 Å². The number of rotatable bonds is 3. The lowest BCUT2D eigenvalue weighted by molar-refractivity contribution is 0.152. The first kappa shape index (κ1) is 8.88. The maximum absolute atomic E-state index is 8.75. The van der Waals surface area contributed by atoms with Crippen LogP contribution in [0.2, 0.25) is 0 Å². The van der Waals surface area contributed by atoms with Crippen LogP contribution < -0.4 is 5.73 Å². The second-order valence-electron chi connectivity index (χ2n) is 2.57. The highest BCUT2D eigenvalue weighted by molar-refractivity contribution is 4.73. The third-order valence-electron chi connectivity index (χ3n) is 1.46. The molecule has 2 atom stereocenters. The summed E-state index contributed by atoms with van der Waals surface area (Å²) < 4.78 is 0. The Morgan fingerprint density at radius 2 is 2.00 bits per heavy atom. The quantitative estimate of drug-likeness (QED) is 0.531. The maximum Gasteiger partial charge on any atom is 0.0601 e. The van der Waals surface area contributed by atoms with E-state index in [4.69, 9.17) is 10.8 Å². The van der Waals surface area contributed by atoms with E-state index in [1.165, 1.54) is 0 Å². The molecule has 0 saturated carbocycles. The van der Waals surface area contributed by atoms with Crippen molar-refractivity contribution in [2.75, 3.05) is 20.7 Å². The molecule has 0 aliphatic carbocycles. The molecule has 9 heavy (non-hydrogen) atoms. The Morgan fingerprint density at radius 1 is 1.56 bits per heavy atom. The van der Waals surface area contributed by atoms with Gasteiger partial charge in [0.2, 0.25) is 0 Å². The highest BCUT2D eigenvalue weighted by atomic mass is 16.3. The molecule has 0 rings (SSSR count). The number of aliphatic hydroxyl groups is 1. The van der Waals surface area contributed by atoms with Gasteiger partial charge in [-0.3, -0.25) is 0 Å². The molecule has 0 aliphatic rings. The maximum atomic E-state index is 8.75. The Kier molecular flexibility index (Phi) is 3.77. The third kappa shape index (κ3) is 2.79. The fraction of sp³-hybridized carbons (Fsp3) is 1.00. The minimum absolute atomic E-state index is 0.0324. The molecule has 0 aromatic heterocycles. The van der Waals surface area contributed by atoms with Crippen LogP contribution in [-0.2, 0) is 0 Å². The monoisotopic (exact) mass is 132 g/mol. The predicted molar refractivity (Wildman–Crippen MR) is 38.2 cm³/mol. The molecule has 0 spiro atoms. The zero-order valence-electron chi connectivity index (χ0n) is 6.33. The summed E-state index contributed by atoms with van der Waals surface area (Å²) in [4.78, 5) is 1.92. The van der Waals surface area contributed by atoms with Crippen LogP contribution in [0.5, 0.6) is 0 Å². The van der Waals surface area contributed by atoms with Crippen molar-refractivity contribution in [2.24, 2.45) is 5.73 Å². The number of hydrogen-bond acceptors (Lipinski definition) is 3. The second kappa shape index (κ2) is 3.82. The summed E-state index contributed by atoms with van der Waals surface area (Å²) in [6.07, 6.45) is 0. The third-order valence-corrected chi connectivity index (χ3v) is 1.46. The van der Waals surface area contributed by atoms with Gasteiger partial charge in [0.15, 0.2) is 0 Å². The average Bonchev–Trinajstić information content (AvgIpc) is 1.64. The first-order valence-electron chi connectivity index (χ1n) is 3.12. The summed E-state index contributed by atoms with van der Waals surface area (Å²) in [5, 5.41) is 8.75. The largest absolute Gasteiger partial charge is 0.395 e. The standard InChI is InChI=1S/C6H16N2O/c1-5(7)6(4-9)8(2)3/h5-6,9H,4,7H2,1-3H3. The number of aliphatic hydroxyl groups excluding tert-OH is 1. The summed E-state index contributed by atoms with van der Waals surface area (Å²) in [6.45, 7) is 2.02. The summed E-state index contributed by atoms with van der Waals surface area (Å²) in [5.74, 6) is 0. The SMILES string of the molecule is CC(N)C(CO)N(C)C. The van der Waals surface area contributed by atoms with Gasteiger partial charge < -0.3 is 15.7 Å². The van der Waals surface area contributed by atoms with Crippen LogP contribution >= 0.6 is 0 Å². The van der Waals surface area contributed by atoms with Crippen molar-refractivity contribution < 1.29 is 5.11 Å². The van der Waals surface area contributed by atoms with Gasteiger partial charge in [0.25, 0.3) is 0 Å². The van der Waals surface area contributed by atoms with E-state index in [-0.39, 0.29) is 18.7 Å². The van der Waals surface area contributed by atoms with E-state index in [0.29, 0.717) is 0 Å². The van der Waals surface area contributed by atoms with Crippen molar-refractivity contribution >= 4 is 0 Å². The summed E-state index contributed by atoms with van der Waals surface area (Å²) in [7, 11) is 3.81. The van der Waals surface area contributed by atoms with Crippen molar-refractivity contribution in [3.8, 4) is 0 Å². The van der Waals surface area contributed by atoms with Gasteiger partial charge in [0.1, 0.15) is 0 Å². The molecule has 0 aliphatic heterocycles. The Morgan fingerprint density at radius 3 is 2.00 bits per heavy atom. The van der Waals surface area contributed by atoms with E-state index in [9.17, 15) is 0 Å². The lowest BCUT2D eigenvalue weighted by Crippen LogP contribution is -2.44. The lowest BCUT2D eigenvalue weighted by atomic mass is 10.1. The molecule has 0 radical (unpaired) electrons. The Balaban J connectivity index is 3.68. The predicted octanol–water partition coefficient (Wildman–Crippen LogP) is -0.744. The highest BCUT2D eigenvalue weighted by Crippen LogP contribution is 1.94. The zero-order valence-corrected chi connectivity index (χ0v) is 6.33. The normalized spacial score (nSPS) is 18.0. The summed E-state index contributed by atoms with van der Waals surface area (Å²) >= 11 is 0. The molecule has 3 nitrogen and oxygen atoms in total. The van der Waals surface area contributed by atoms with Gasteiger partial charge in [-0.05, 0) is 21.0 Å². The van der Waals surface area contributed by atoms with Crippen molar-refractivity contribution in [1.82, 2.24) is 4.90 Å². The van der Waals surface area contributed by atoms with Crippen LogP contribution in [0.25, 0.3) is 0 Å². The van der Waals surface area contributed by atoms with E-state index in [2.05, 4.69) is 0 Å². The van der Waals surface area contributed by atoms with Crippen molar-refractivity contribution in [2.45, 2.75) is 19.0 Å². The molecule has 0 saturated heterocycles. The van der Waals surface area contributed by atoms with Crippen molar-refractivity contribution in [1.29, 1.82) is 0 Å². The number of nitrogens with two attached hydrogens (primary N) is 1. The Labute approximate surface area is 56.5 Å². The first-order valence-corrected chi connectivity index (χ1v) is 3.12. The van der Waals surface area contributed by atoms with E-state index in [1.807, 2.05) is 25.9 Å². The van der Waals surface area contributed by atoms with Gasteiger partial charge in [0.05, 0.1) is 6.61 Å². The molecule has 0 aromatic rings. The van der Waals surface area contributed by atoms with Gasteiger partial charge in [-0.25, -0.2) is 0 Å². The number of hydrogen-bond donors (Lipinski definition) is 2. The molecule has 0 amide bonds. The summed E-state index contributed by atoms with van der Waals surface area (Å²) in [6, 6.07) is 0.120. The van der Waals surface area contributed by atoms with Crippen LogP contribution in [0.1, 0.15) is 6.92 Å². The molecule has 0 bridgehead atoms. The van der Waals surface area contributed by atoms with Crippen LogP contribution in [-0.4, -0.2) is 42.8 Å². The van der Waals surface area contributed by atoms with E-state index in [0.717, 1.165) is 0 Å². The number of nitrogens with zero attached hydrogens (tertiary/aromatic N) is 1. The van der Waals surface area contributed by atoms with Gasteiger partial charge in [0, 0.05) is 12.1 Å². The van der Waals surface area contributed by atoms with Crippen molar-refractivity contribution in [3.05, 3.63) is 0 Å². The Hall–Kier alpha value is -0.120. The Bertz CT molecular complexity index is 65.5. The molecule has 2 unspecified atom stereocenters. The first-order chi connectivity index (χ1) is 4.09. The van der Waals surface area contributed by atoms with Gasteiger partial charge in [-0.1, -0.05) is 0 Å². The topological polar surface area (TPSA) is 49.5 Å². The van der Waals surface area contributed by atoms with Crippen LogP contribution in [0, 0.1) is 0 Å². The van der Waals surface area contributed by atoms with Gasteiger partial charge in [-0.2, -0.15) is 0 Å². The minimum Gasteiger partial charge on any atom is -0.395 e. The highest BCUT2D eigenvalue weighted by Gasteiger charge is 2.13. The molecule has 0 aromatic carbocycles. The fourth-order valence-corrected chi connectivity index (χ4v) is 0.800. The van der Waals surface area contributed by atoms with E-state index in [1.54, 1.807) is 0 Å². The smallest absolute Gasteiger partial charge is 0.0601 e. The minimum atomic E-state index is 0.0324. The van der Waals surface area contributed by atoms with Crippen LogP contribution in [0.4, 0.5) is 0 Å². The molecular weight excluding hydrogens is 116 g/mol. The molecule has 3 N–H and O–H groups in total.